The summed E-state index contributed by atoms with van der Waals surface area (Å²) in [4.78, 5) is 25.9. The van der Waals surface area contributed by atoms with E-state index in [-0.39, 0.29) is 35.9 Å². The summed E-state index contributed by atoms with van der Waals surface area (Å²) < 4.78 is 0. The van der Waals surface area contributed by atoms with Crippen LogP contribution in [0.2, 0.25) is 0 Å². The number of nitrogens with zero attached hydrogens (tertiary/aromatic N) is 1. The normalized spacial score (nSPS) is 32.2. The molecule has 5 heteroatoms. The van der Waals surface area contributed by atoms with Gasteiger partial charge in [-0.3, -0.25) is 9.59 Å². The van der Waals surface area contributed by atoms with Crippen LogP contribution in [0.4, 0.5) is 0 Å². The summed E-state index contributed by atoms with van der Waals surface area (Å²) in [5.74, 6) is 0.765. The number of rotatable bonds is 3. The molecule has 114 valence electrons. The Kier molecular flexibility index (Phi) is 4.09. The van der Waals surface area contributed by atoms with Crippen LogP contribution in [0.25, 0.3) is 0 Å². The number of carbonyl (C=O) groups is 2. The van der Waals surface area contributed by atoms with Crippen LogP contribution in [0.5, 0.6) is 0 Å². The van der Waals surface area contributed by atoms with Crippen molar-refractivity contribution in [1.29, 1.82) is 0 Å². The Labute approximate surface area is 121 Å². The first-order valence-electron chi connectivity index (χ1n) is 7.50. The van der Waals surface area contributed by atoms with Crippen LogP contribution in [0, 0.1) is 17.8 Å². The molecule has 2 aliphatic carbocycles. The van der Waals surface area contributed by atoms with Gasteiger partial charge in [-0.15, -0.1) is 0 Å². The van der Waals surface area contributed by atoms with Crippen LogP contribution in [0.1, 0.15) is 40.0 Å². The lowest BCUT2D eigenvalue weighted by Gasteiger charge is -2.31. The van der Waals surface area contributed by atoms with Crippen molar-refractivity contribution < 1.29 is 9.59 Å². The first-order valence-corrected chi connectivity index (χ1v) is 7.50. The highest BCUT2D eigenvalue weighted by Crippen LogP contribution is 2.48. The van der Waals surface area contributed by atoms with Gasteiger partial charge < -0.3 is 16.0 Å². The molecule has 5 nitrogen and oxygen atoms in total. The van der Waals surface area contributed by atoms with Gasteiger partial charge in [0.2, 0.25) is 11.8 Å². The second kappa shape index (κ2) is 5.35. The minimum atomic E-state index is -0.274. The topological polar surface area (TPSA) is 75.4 Å². The zero-order chi connectivity index (χ0) is 15.1. The standard InChI is InChI=1S/C15H27N3O2/c1-15(2,3)17-11(19)8-18(4)14(20)12-9-5-6-10(7-9)13(12)16/h9-10,12-13H,5-8,16H2,1-4H3,(H,17,19). The average Bonchev–Trinajstić information content (AvgIpc) is 2.85. The molecule has 4 unspecified atom stereocenters. The molecule has 2 fully saturated rings. The summed E-state index contributed by atoms with van der Waals surface area (Å²) in [6, 6.07) is -0.0191. The second-order valence-electron chi connectivity index (χ2n) is 7.43. The summed E-state index contributed by atoms with van der Waals surface area (Å²) in [5.41, 5.74) is 5.91. The predicted octanol–water partition coefficient (Wildman–Crippen LogP) is 0.733. The quantitative estimate of drug-likeness (QED) is 0.801. The van der Waals surface area contributed by atoms with E-state index in [4.69, 9.17) is 5.73 Å². The fourth-order valence-corrected chi connectivity index (χ4v) is 3.71. The van der Waals surface area contributed by atoms with Gasteiger partial charge in [-0.2, -0.15) is 0 Å². The van der Waals surface area contributed by atoms with E-state index < -0.39 is 0 Å². The molecule has 3 N–H and O–H groups in total. The molecule has 0 radical (unpaired) electrons. The van der Waals surface area contributed by atoms with E-state index in [0.717, 1.165) is 19.3 Å². The molecule has 20 heavy (non-hydrogen) atoms. The lowest BCUT2D eigenvalue weighted by atomic mass is 9.84. The minimum Gasteiger partial charge on any atom is -0.350 e. The van der Waals surface area contributed by atoms with Gasteiger partial charge in [0.25, 0.3) is 0 Å². The van der Waals surface area contributed by atoms with Gasteiger partial charge in [0, 0.05) is 18.6 Å². The van der Waals surface area contributed by atoms with Crippen LogP contribution in [-0.2, 0) is 9.59 Å². The zero-order valence-corrected chi connectivity index (χ0v) is 13.0. The van der Waals surface area contributed by atoms with Gasteiger partial charge in [-0.1, -0.05) is 0 Å². The van der Waals surface area contributed by atoms with E-state index >= 15 is 0 Å². The van der Waals surface area contributed by atoms with Crippen LogP contribution < -0.4 is 11.1 Å². The van der Waals surface area contributed by atoms with Crippen LogP contribution >= 0.6 is 0 Å². The molecule has 4 atom stereocenters. The van der Waals surface area contributed by atoms with Crippen molar-refractivity contribution in [2.24, 2.45) is 23.5 Å². The Morgan fingerprint density at radius 2 is 1.85 bits per heavy atom. The van der Waals surface area contributed by atoms with E-state index in [2.05, 4.69) is 5.32 Å². The Morgan fingerprint density at radius 3 is 2.35 bits per heavy atom. The van der Waals surface area contributed by atoms with Gasteiger partial charge in [-0.05, 0) is 51.9 Å². The Balaban J connectivity index is 1.91. The maximum absolute atomic E-state index is 12.5. The van der Waals surface area contributed by atoms with Crippen LogP contribution in [-0.4, -0.2) is 41.9 Å². The van der Waals surface area contributed by atoms with Crippen molar-refractivity contribution >= 4 is 11.8 Å². The highest BCUT2D eigenvalue weighted by Gasteiger charge is 2.49. The monoisotopic (exact) mass is 281 g/mol. The number of hydrogen-bond acceptors (Lipinski definition) is 3. The number of hydrogen-bond donors (Lipinski definition) is 2. The summed E-state index contributed by atoms with van der Waals surface area (Å²) in [6.45, 7) is 5.90. The first kappa shape index (κ1) is 15.3. The molecular weight excluding hydrogens is 254 g/mol. The second-order valence-corrected chi connectivity index (χ2v) is 7.43. The van der Waals surface area contributed by atoms with Crippen molar-refractivity contribution in [3.8, 4) is 0 Å². The fourth-order valence-electron chi connectivity index (χ4n) is 3.71. The highest BCUT2D eigenvalue weighted by atomic mass is 16.2. The minimum absolute atomic E-state index is 0.0191. The van der Waals surface area contributed by atoms with Crippen molar-refractivity contribution in [2.75, 3.05) is 13.6 Å². The van der Waals surface area contributed by atoms with Crippen molar-refractivity contribution in [1.82, 2.24) is 10.2 Å². The fraction of sp³-hybridized carbons (Fsp3) is 0.867. The van der Waals surface area contributed by atoms with E-state index in [1.807, 2.05) is 20.8 Å². The molecular formula is C15H27N3O2. The first-order chi connectivity index (χ1) is 9.19. The predicted molar refractivity (Wildman–Crippen MR) is 77.8 cm³/mol. The molecule has 0 aromatic carbocycles. The third-order valence-corrected chi connectivity index (χ3v) is 4.54. The average molecular weight is 281 g/mol. The SMILES string of the molecule is CN(CC(=O)NC(C)(C)C)C(=O)C1C2CCC(C2)C1N. The molecule has 2 saturated carbocycles. The Morgan fingerprint density at radius 1 is 1.25 bits per heavy atom. The van der Waals surface area contributed by atoms with Gasteiger partial charge >= 0.3 is 0 Å². The molecule has 2 rings (SSSR count). The van der Waals surface area contributed by atoms with Crippen LogP contribution in [0.15, 0.2) is 0 Å². The van der Waals surface area contributed by atoms with Gasteiger partial charge in [0.1, 0.15) is 0 Å². The molecule has 0 heterocycles. The molecule has 0 saturated heterocycles. The third-order valence-electron chi connectivity index (χ3n) is 4.54. The summed E-state index contributed by atoms with van der Waals surface area (Å²) >= 11 is 0. The number of nitrogens with two attached hydrogens (primary N) is 1. The lowest BCUT2D eigenvalue weighted by molar-refractivity contribution is -0.140. The number of likely N-dealkylation sites (N-methyl/N-ethyl adjacent to an activating group) is 1. The Bertz CT molecular complexity index is 400. The molecule has 0 aromatic rings. The maximum atomic E-state index is 12.5. The summed E-state index contributed by atoms with van der Waals surface area (Å²) in [6.07, 6.45) is 3.35. The Hall–Kier alpha value is -1.10. The van der Waals surface area contributed by atoms with Gasteiger partial charge in [0.05, 0.1) is 12.5 Å². The smallest absolute Gasteiger partial charge is 0.240 e. The number of nitrogens with one attached hydrogen (secondary N) is 1. The molecule has 0 aromatic heterocycles. The van der Waals surface area contributed by atoms with Crippen molar-refractivity contribution in [3.05, 3.63) is 0 Å². The van der Waals surface area contributed by atoms with Gasteiger partial charge in [-0.25, -0.2) is 0 Å². The van der Waals surface area contributed by atoms with Crippen LogP contribution in [0.3, 0.4) is 0 Å². The zero-order valence-electron chi connectivity index (χ0n) is 13.0. The van der Waals surface area contributed by atoms with E-state index in [1.54, 1.807) is 7.05 Å². The van der Waals surface area contributed by atoms with E-state index in [0.29, 0.717) is 11.8 Å². The molecule has 0 aliphatic heterocycles. The molecule has 0 spiro atoms. The van der Waals surface area contributed by atoms with Crippen molar-refractivity contribution in [3.63, 3.8) is 0 Å². The number of amides is 2. The number of carbonyl (C=O) groups excluding carboxylic acids is 2. The molecule has 2 bridgehead atoms. The lowest BCUT2D eigenvalue weighted by Crippen LogP contribution is -2.50. The highest BCUT2D eigenvalue weighted by molar-refractivity contribution is 5.86. The third kappa shape index (κ3) is 3.14. The van der Waals surface area contributed by atoms with Gasteiger partial charge in [0.15, 0.2) is 0 Å². The summed E-state index contributed by atoms with van der Waals surface area (Å²) in [7, 11) is 1.70. The van der Waals surface area contributed by atoms with E-state index in [1.165, 1.54) is 4.90 Å². The van der Waals surface area contributed by atoms with Crippen molar-refractivity contribution in [2.45, 2.75) is 51.6 Å². The molecule has 2 aliphatic rings. The largest absolute Gasteiger partial charge is 0.350 e. The number of fused-ring (bicyclic) bond motifs is 2. The van der Waals surface area contributed by atoms with E-state index in [9.17, 15) is 9.59 Å². The molecule has 2 amide bonds. The summed E-state index contributed by atoms with van der Waals surface area (Å²) in [5, 5.41) is 2.88. The maximum Gasteiger partial charge on any atom is 0.240 e.